The van der Waals surface area contributed by atoms with Crippen LogP contribution in [0.4, 0.5) is 0 Å². The normalized spacial score (nSPS) is 27.2. The van der Waals surface area contributed by atoms with Gasteiger partial charge in [0.1, 0.15) is 0 Å². The number of aryl methyl sites for hydroxylation is 1. The van der Waals surface area contributed by atoms with Crippen molar-refractivity contribution in [3.8, 4) is 0 Å². The van der Waals surface area contributed by atoms with Gasteiger partial charge >= 0.3 is 0 Å². The van der Waals surface area contributed by atoms with Gasteiger partial charge in [-0.1, -0.05) is 0 Å². The van der Waals surface area contributed by atoms with Crippen LogP contribution in [0.2, 0.25) is 0 Å². The number of carbonyl (C=O) groups is 1. The monoisotopic (exact) mass is 300 g/mol. The van der Waals surface area contributed by atoms with Crippen LogP contribution >= 0.6 is 23.6 Å². The quantitative estimate of drug-likeness (QED) is 0.844. The molecule has 0 bridgehead atoms. The summed E-state index contributed by atoms with van der Waals surface area (Å²) in [6.07, 6.45) is 2.61. The highest BCUT2D eigenvalue weighted by molar-refractivity contribution is 7.73. The fraction of sp³-hybridized carbons (Fsp3) is 0.692. The summed E-state index contributed by atoms with van der Waals surface area (Å²) in [7, 11) is 0. The first kappa shape index (κ1) is 14.7. The minimum atomic E-state index is 0.0691. The van der Waals surface area contributed by atoms with Gasteiger partial charge in [-0.15, -0.1) is 11.3 Å². The van der Waals surface area contributed by atoms with Gasteiger partial charge in [-0.05, 0) is 45.8 Å². The van der Waals surface area contributed by atoms with Crippen molar-refractivity contribution in [2.45, 2.75) is 58.3 Å². The number of H-pyrrole nitrogens is 1. The van der Waals surface area contributed by atoms with Crippen molar-refractivity contribution in [1.29, 1.82) is 0 Å². The Morgan fingerprint density at radius 3 is 2.63 bits per heavy atom. The summed E-state index contributed by atoms with van der Waals surface area (Å²) in [6, 6.07) is 0.221. The molecule has 2 atom stereocenters. The molecule has 4 nitrogen and oxygen atoms in total. The van der Waals surface area contributed by atoms with Crippen molar-refractivity contribution < 1.29 is 9.53 Å². The van der Waals surface area contributed by atoms with Crippen LogP contribution in [0.25, 0.3) is 0 Å². The van der Waals surface area contributed by atoms with E-state index in [0.717, 1.165) is 27.4 Å². The summed E-state index contributed by atoms with van der Waals surface area (Å²) in [5, 5.41) is 3.10. The number of carbonyl (C=O) groups excluding carboxylic acids is 1. The number of nitrogens with one attached hydrogen (secondary N) is 2. The van der Waals surface area contributed by atoms with E-state index in [0.29, 0.717) is 6.42 Å². The van der Waals surface area contributed by atoms with Gasteiger partial charge in [-0.3, -0.25) is 4.79 Å². The fourth-order valence-corrected chi connectivity index (χ4v) is 3.84. The van der Waals surface area contributed by atoms with Crippen molar-refractivity contribution in [1.82, 2.24) is 10.3 Å². The van der Waals surface area contributed by atoms with Gasteiger partial charge in [0.05, 0.1) is 18.6 Å². The molecular weight excluding hydrogens is 280 g/mol. The van der Waals surface area contributed by atoms with Crippen LogP contribution in [-0.2, 0) is 16.0 Å². The molecule has 6 heteroatoms. The Bertz CT molecular complexity index is 499. The first-order valence-corrected chi connectivity index (χ1v) is 7.80. The summed E-state index contributed by atoms with van der Waals surface area (Å²) in [5.74, 6) is 0.0691. The summed E-state index contributed by atoms with van der Waals surface area (Å²) in [5.41, 5.74) is 0.999. The lowest BCUT2D eigenvalue weighted by Crippen LogP contribution is -2.44. The van der Waals surface area contributed by atoms with E-state index in [2.05, 4.69) is 24.1 Å². The highest BCUT2D eigenvalue weighted by Gasteiger charge is 2.25. The van der Waals surface area contributed by atoms with Gasteiger partial charge in [0.15, 0.2) is 3.95 Å². The second-order valence-electron chi connectivity index (χ2n) is 5.23. The maximum atomic E-state index is 12.1. The highest BCUT2D eigenvalue weighted by atomic mass is 32.1. The molecule has 0 saturated carbocycles. The largest absolute Gasteiger partial charge is 0.375 e. The number of hydrogen-bond acceptors (Lipinski definition) is 4. The molecule has 1 saturated heterocycles. The molecule has 19 heavy (non-hydrogen) atoms. The third kappa shape index (κ3) is 4.12. The molecule has 0 unspecified atom stereocenters. The Kier molecular flexibility index (Phi) is 4.76. The summed E-state index contributed by atoms with van der Waals surface area (Å²) >= 11 is 6.56. The lowest BCUT2D eigenvalue weighted by atomic mass is 10.00. The van der Waals surface area contributed by atoms with Gasteiger partial charge in [0.2, 0.25) is 5.91 Å². The summed E-state index contributed by atoms with van der Waals surface area (Å²) in [6.45, 7) is 6.06. The van der Waals surface area contributed by atoms with E-state index in [1.165, 1.54) is 11.3 Å². The minimum absolute atomic E-state index is 0.0691. The number of amides is 1. The third-order valence-corrected chi connectivity index (χ3v) is 4.64. The zero-order valence-electron chi connectivity index (χ0n) is 11.5. The topological polar surface area (TPSA) is 54.1 Å². The van der Waals surface area contributed by atoms with Crippen LogP contribution in [-0.4, -0.2) is 29.1 Å². The number of aromatic nitrogens is 1. The van der Waals surface area contributed by atoms with E-state index in [1.807, 2.05) is 6.92 Å². The van der Waals surface area contributed by atoms with Crippen LogP contribution in [0.15, 0.2) is 0 Å². The van der Waals surface area contributed by atoms with E-state index < -0.39 is 0 Å². The summed E-state index contributed by atoms with van der Waals surface area (Å²) < 4.78 is 6.40. The van der Waals surface area contributed by atoms with Gasteiger partial charge in [-0.2, -0.15) is 0 Å². The number of aromatic amines is 1. The number of thiazole rings is 1. The van der Waals surface area contributed by atoms with Crippen LogP contribution in [0.3, 0.4) is 0 Å². The lowest BCUT2D eigenvalue weighted by molar-refractivity contribution is -0.122. The second-order valence-corrected chi connectivity index (χ2v) is 7.00. The van der Waals surface area contributed by atoms with Gasteiger partial charge in [-0.25, -0.2) is 0 Å². The predicted molar refractivity (Wildman–Crippen MR) is 79.1 cm³/mol. The van der Waals surface area contributed by atoms with Crippen molar-refractivity contribution in [2.24, 2.45) is 0 Å². The lowest BCUT2D eigenvalue weighted by Gasteiger charge is -2.32. The molecule has 1 aliphatic rings. The molecule has 106 valence electrons. The first-order chi connectivity index (χ1) is 8.94. The van der Waals surface area contributed by atoms with Crippen molar-refractivity contribution in [3.63, 3.8) is 0 Å². The Morgan fingerprint density at radius 2 is 2.11 bits per heavy atom. The molecule has 1 aromatic rings. The van der Waals surface area contributed by atoms with E-state index in [-0.39, 0.29) is 24.2 Å². The Balaban J connectivity index is 1.91. The Morgan fingerprint density at radius 1 is 1.47 bits per heavy atom. The molecule has 1 fully saturated rings. The average Bonchev–Trinajstić information content (AvgIpc) is 2.55. The predicted octanol–water partition coefficient (Wildman–Crippen LogP) is 2.73. The van der Waals surface area contributed by atoms with Crippen LogP contribution in [0.1, 0.15) is 37.3 Å². The van der Waals surface area contributed by atoms with Crippen molar-refractivity contribution in [2.75, 3.05) is 0 Å². The molecule has 1 aliphatic heterocycles. The smallest absolute Gasteiger partial charge is 0.225 e. The number of ether oxygens (including phenoxy) is 1. The summed E-state index contributed by atoms with van der Waals surface area (Å²) in [4.78, 5) is 16.2. The van der Waals surface area contributed by atoms with E-state index >= 15 is 0 Å². The van der Waals surface area contributed by atoms with Crippen molar-refractivity contribution in [3.05, 3.63) is 14.5 Å². The molecule has 1 amide bonds. The van der Waals surface area contributed by atoms with E-state index in [4.69, 9.17) is 17.0 Å². The molecule has 2 rings (SSSR count). The fourth-order valence-electron chi connectivity index (χ4n) is 2.55. The van der Waals surface area contributed by atoms with Crippen LogP contribution < -0.4 is 5.32 Å². The molecule has 1 aromatic heterocycles. The van der Waals surface area contributed by atoms with E-state index in [9.17, 15) is 4.79 Å². The zero-order valence-corrected chi connectivity index (χ0v) is 13.1. The molecule has 0 aliphatic carbocycles. The minimum Gasteiger partial charge on any atom is -0.375 e. The van der Waals surface area contributed by atoms with Crippen molar-refractivity contribution >= 4 is 29.5 Å². The zero-order chi connectivity index (χ0) is 14.0. The van der Waals surface area contributed by atoms with Gasteiger partial charge < -0.3 is 15.0 Å². The number of hydrogen-bond donors (Lipinski definition) is 2. The molecule has 0 spiro atoms. The molecule has 0 aromatic carbocycles. The molecule has 0 radical (unpaired) electrons. The second kappa shape index (κ2) is 6.15. The maximum Gasteiger partial charge on any atom is 0.225 e. The standard InChI is InChI=1S/C13H20N2O2S2/c1-7-4-10(5-8(2)17-7)15-12(16)6-11-9(3)14-13(18)19-11/h7-8,10H,4-6H2,1-3H3,(H,14,18)(H,15,16)/t7-,8-/m1/s1. The van der Waals surface area contributed by atoms with Gasteiger partial charge in [0, 0.05) is 16.6 Å². The number of rotatable bonds is 3. The maximum absolute atomic E-state index is 12.1. The van der Waals surface area contributed by atoms with E-state index in [1.54, 1.807) is 0 Å². The SMILES string of the molecule is Cc1[nH]c(=S)sc1CC(=O)NC1C[C@@H](C)O[C@H](C)C1. The molecular formula is C13H20N2O2S2. The third-order valence-electron chi connectivity index (χ3n) is 3.31. The van der Waals surface area contributed by atoms with Crippen LogP contribution in [0, 0.1) is 10.9 Å². The molecule has 2 heterocycles. The Labute approximate surface area is 122 Å². The average molecular weight is 300 g/mol. The highest BCUT2D eigenvalue weighted by Crippen LogP contribution is 2.20. The first-order valence-electron chi connectivity index (χ1n) is 6.57. The van der Waals surface area contributed by atoms with Crippen LogP contribution in [0.5, 0.6) is 0 Å². The Hall–Kier alpha value is -0.720. The van der Waals surface area contributed by atoms with Gasteiger partial charge in [0.25, 0.3) is 0 Å². The molecule has 2 N–H and O–H groups in total.